The maximum absolute atomic E-state index is 14.8. The number of aliphatic hydroxyl groups is 1. The molecule has 4 heterocycles. The number of nitrogens with zero attached hydrogens (tertiary/aromatic N) is 2. The monoisotopic (exact) mass is 1240 g/mol. The normalized spacial score (nSPS) is 17.2. The number of ether oxygens (including phenoxy) is 1. The van der Waals surface area contributed by atoms with E-state index in [1.807, 2.05) is 13.8 Å². The van der Waals surface area contributed by atoms with E-state index in [2.05, 4.69) is 68.1 Å². The summed E-state index contributed by atoms with van der Waals surface area (Å²) in [5, 5.41) is 56.0. The molecule has 29 nitrogen and oxygen atoms in total. The van der Waals surface area contributed by atoms with Gasteiger partial charge >= 0.3 is 0 Å². The van der Waals surface area contributed by atoms with Crippen LogP contribution in [0.15, 0.2) is 67.3 Å². The highest BCUT2D eigenvalue weighted by atomic mass is 16.5. The number of benzene rings is 2. The van der Waals surface area contributed by atoms with Gasteiger partial charge in [-0.2, -0.15) is 0 Å². The fourth-order valence-electron chi connectivity index (χ4n) is 10.3. The molecule has 17 N–H and O–H groups in total. The number of para-hydroxylation sites is 1. The summed E-state index contributed by atoms with van der Waals surface area (Å²) in [5.41, 5.74) is 6.76. The topological polar surface area (TPSA) is 438 Å². The Balaban J connectivity index is 1.24. The van der Waals surface area contributed by atoms with Crippen LogP contribution in [0.25, 0.3) is 10.9 Å². The second-order valence-corrected chi connectivity index (χ2v) is 23.6. The smallest absolute Gasteiger partial charge is 0.245 e. The van der Waals surface area contributed by atoms with E-state index in [1.165, 1.54) is 41.7 Å². The van der Waals surface area contributed by atoms with Crippen molar-refractivity contribution in [2.24, 2.45) is 11.7 Å². The molecule has 2 aliphatic heterocycles. The molecule has 6 rings (SSSR count). The fraction of sp³-hybridized carbons (Fsp3) is 0.533. The molecule has 2 aromatic heterocycles. The van der Waals surface area contributed by atoms with E-state index in [0.29, 0.717) is 47.1 Å². The molecule has 4 aromatic rings. The minimum Gasteiger partial charge on any atom is -0.508 e. The molecule has 0 saturated carbocycles. The highest BCUT2D eigenvalue weighted by Crippen LogP contribution is 2.22. The number of likely N-dealkylation sites (tertiary alicyclic amines) is 1. The lowest BCUT2D eigenvalue weighted by atomic mass is 10.0. The first-order chi connectivity index (χ1) is 42.3. The van der Waals surface area contributed by atoms with Crippen molar-refractivity contribution in [3.8, 4) is 5.75 Å². The van der Waals surface area contributed by atoms with E-state index in [1.54, 1.807) is 58.2 Å². The Kier molecular flexibility index (Phi) is 25.4. The molecule has 484 valence electrons. The van der Waals surface area contributed by atoms with Gasteiger partial charge in [-0.05, 0) is 101 Å². The molecule has 2 aliphatic rings. The summed E-state index contributed by atoms with van der Waals surface area (Å²) in [6.45, 7) is 9.83. The third kappa shape index (κ3) is 21.0. The van der Waals surface area contributed by atoms with E-state index in [9.17, 15) is 58.2 Å². The molecule has 2 saturated heterocycles. The van der Waals surface area contributed by atoms with Crippen LogP contribution in [0.3, 0.4) is 0 Å². The molecular formula is C60H86N16O13. The Morgan fingerprint density at radius 2 is 1.36 bits per heavy atom. The number of nitrogens with two attached hydrogens (primary N) is 1. The number of aromatic amines is 2. The van der Waals surface area contributed by atoms with Crippen LogP contribution in [0.1, 0.15) is 103 Å². The van der Waals surface area contributed by atoms with Crippen LogP contribution in [0.5, 0.6) is 5.75 Å². The Bertz CT molecular complexity index is 3110. The zero-order valence-corrected chi connectivity index (χ0v) is 51.1. The highest BCUT2D eigenvalue weighted by Gasteiger charge is 2.40. The number of hydrogen-bond donors (Lipinski definition) is 16. The minimum absolute atomic E-state index is 0.0557. The van der Waals surface area contributed by atoms with Gasteiger partial charge in [0.15, 0.2) is 5.96 Å². The zero-order valence-electron chi connectivity index (χ0n) is 51.1. The Labute approximate surface area is 515 Å². The summed E-state index contributed by atoms with van der Waals surface area (Å²) < 4.78 is 6.04. The van der Waals surface area contributed by atoms with Crippen molar-refractivity contribution >= 4 is 75.9 Å². The van der Waals surface area contributed by atoms with Gasteiger partial charge in [-0.1, -0.05) is 44.2 Å². The predicted octanol–water partition coefficient (Wildman–Crippen LogP) is -1.46. The van der Waals surface area contributed by atoms with E-state index in [4.69, 9.17) is 15.9 Å². The van der Waals surface area contributed by atoms with E-state index in [0.717, 1.165) is 0 Å². The molecule has 0 aliphatic carbocycles. The molecule has 10 amide bonds. The van der Waals surface area contributed by atoms with Gasteiger partial charge in [-0.25, -0.2) is 4.98 Å². The number of rotatable bonds is 32. The summed E-state index contributed by atoms with van der Waals surface area (Å²) >= 11 is 0. The number of phenols is 1. The van der Waals surface area contributed by atoms with Gasteiger partial charge in [0, 0.05) is 74.3 Å². The van der Waals surface area contributed by atoms with Crippen molar-refractivity contribution < 1.29 is 62.9 Å². The molecule has 29 heteroatoms. The number of imidazole rings is 1. The third-order valence-corrected chi connectivity index (χ3v) is 14.9. The number of guanidine groups is 1. The molecule has 9 atom stereocenters. The largest absolute Gasteiger partial charge is 0.508 e. The van der Waals surface area contributed by atoms with Gasteiger partial charge in [0.1, 0.15) is 60.1 Å². The number of carbonyl (C=O) groups excluding carboxylic acids is 10. The van der Waals surface area contributed by atoms with E-state index in [-0.39, 0.29) is 93.9 Å². The van der Waals surface area contributed by atoms with E-state index < -0.39 is 120 Å². The number of carbonyl (C=O) groups is 10. The average molecular weight is 1240 g/mol. The predicted molar refractivity (Wildman–Crippen MR) is 326 cm³/mol. The van der Waals surface area contributed by atoms with Crippen LogP contribution in [0.4, 0.5) is 0 Å². The number of nitrogens with one attached hydrogen (secondary N) is 13. The highest BCUT2D eigenvalue weighted by molar-refractivity contribution is 5.99. The summed E-state index contributed by atoms with van der Waals surface area (Å²) in [6.07, 6.45) is 5.57. The SMILES string of the molecule is CCNC(=O)[C@@H]1CCCN1C(=O)[C@H](CCCNC(=N)N)NC(=O)C(CC(C)C)NC(=O)C(COC(C)(C)C)NC(=O)[C@H](Cc1ccc(O)cc1)NC(=O)C(CO)NC(=O)[C@H](Cc1c[nH]c2ccccc12)NC(=O)C(Cc1cnc[nH]1)NC(=O)C1CCC(=O)N1. The molecular weight excluding hydrogens is 1150 g/mol. The summed E-state index contributed by atoms with van der Waals surface area (Å²) in [4.78, 5) is 152. The number of likely N-dealkylation sites (N-methyl/N-ethyl adjacent to an activating group) is 1. The maximum atomic E-state index is 14.8. The van der Waals surface area contributed by atoms with Crippen molar-refractivity contribution in [1.82, 2.24) is 73.0 Å². The second-order valence-electron chi connectivity index (χ2n) is 23.6. The Morgan fingerprint density at radius 1 is 0.753 bits per heavy atom. The van der Waals surface area contributed by atoms with Crippen LogP contribution in [-0.4, -0.2) is 188 Å². The zero-order chi connectivity index (χ0) is 65.0. The van der Waals surface area contributed by atoms with Gasteiger partial charge in [0.05, 0.1) is 25.1 Å². The first-order valence-corrected chi connectivity index (χ1v) is 30.0. The minimum atomic E-state index is -1.78. The first kappa shape index (κ1) is 69.0. The number of phenolic OH excluding ortho intramolecular Hbond substituents is 1. The van der Waals surface area contributed by atoms with Crippen molar-refractivity contribution in [2.45, 2.75) is 166 Å². The van der Waals surface area contributed by atoms with Gasteiger partial charge in [-0.3, -0.25) is 53.4 Å². The molecule has 5 unspecified atom stereocenters. The van der Waals surface area contributed by atoms with Gasteiger partial charge < -0.3 is 88.7 Å². The average Bonchev–Trinajstić information content (AvgIpc) is 2.55. The van der Waals surface area contributed by atoms with Crippen molar-refractivity contribution in [1.29, 1.82) is 5.41 Å². The standard InChI is InChI=1S/C60H86N16O13/c1-7-64-57(87)48-15-11-23-76(48)58(88)41(14-10-22-65-59(61)62)69-51(81)42(24-33(2)3)70-56(86)47(31-89-60(4,5)6)75-52(82)43(25-34-16-18-37(78)19-17-34)71-55(85)46(30-77)74-53(83)44(26-35-28-66-39-13-9-8-12-38(35)39)72-54(84)45(27-36-29-63-32-67-36)73-50(80)40-20-21-49(79)68-40/h8-9,12-13,16-19,28-29,32-33,40-48,66,77-78H,7,10-11,14-15,20-27,30-31H2,1-6H3,(H,63,67)(H,64,87)(H,68,79)(H,69,81)(H,70,86)(H,71,85)(H,72,84)(H,73,80)(H,74,83)(H,75,82)(H4,61,62,65)/t40?,41-,42?,43-,44-,45?,46?,47?,48-/m0/s1. The number of hydrogen-bond acceptors (Lipinski definition) is 15. The van der Waals surface area contributed by atoms with Crippen LogP contribution < -0.4 is 58.9 Å². The molecule has 0 radical (unpaired) electrons. The van der Waals surface area contributed by atoms with Crippen LogP contribution in [0.2, 0.25) is 0 Å². The fourth-order valence-corrected chi connectivity index (χ4v) is 10.3. The number of aromatic nitrogens is 3. The third-order valence-electron chi connectivity index (χ3n) is 14.9. The number of H-pyrrole nitrogens is 2. The van der Waals surface area contributed by atoms with E-state index >= 15 is 0 Å². The van der Waals surface area contributed by atoms with Gasteiger partial charge in [0.25, 0.3) is 0 Å². The number of amides is 10. The number of aliphatic hydroxyl groups excluding tert-OH is 1. The lowest BCUT2D eigenvalue weighted by Crippen LogP contribution is -2.62. The van der Waals surface area contributed by atoms with Crippen molar-refractivity contribution in [3.05, 3.63) is 84.1 Å². The van der Waals surface area contributed by atoms with Crippen LogP contribution in [0, 0.1) is 11.3 Å². The summed E-state index contributed by atoms with van der Waals surface area (Å²) in [6, 6.07) is 1.01. The lowest BCUT2D eigenvalue weighted by molar-refractivity contribution is -0.142. The molecule has 0 spiro atoms. The Morgan fingerprint density at radius 3 is 1.98 bits per heavy atom. The van der Waals surface area contributed by atoms with Crippen molar-refractivity contribution in [3.63, 3.8) is 0 Å². The van der Waals surface area contributed by atoms with Crippen molar-refractivity contribution in [2.75, 3.05) is 32.8 Å². The van der Waals surface area contributed by atoms with Crippen LogP contribution in [-0.2, 0) is 71.9 Å². The molecule has 2 aromatic carbocycles. The first-order valence-electron chi connectivity index (χ1n) is 30.0. The van der Waals surface area contributed by atoms with Gasteiger partial charge in [-0.15, -0.1) is 0 Å². The number of fused-ring (bicyclic) bond motifs is 1. The van der Waals surface area contributed by atoms with Gasteiger partial charge in [0.2, 0.25) is 59.1 Å². The lowest BCUT2D eigenvalue weighted by Gasteiger charge is -2.31. The molecule has 2 fully saturated rings. The maximum Gasteiger partial charge on any atom is 0.245 e. The number of aromatic hydroxyl groups is 1. The molecule has 89 heavy (non-hydrogen) atoms. The van der Waals surface area contributed by atoms with Crippen LogP contribution >= 0.6 is 0 Å². The summed E-state index contributed by atoms with van der Waals surface area (Å²) in [7, 11) is 0. The Hall–Kier alpha value is -9.12. The molecule has 0 bridgehead atoms. The quantitative estimate of drug-likeness (QED) is 0.0151. The second kappa shape index (κ2) is 32.7. The summed E-state index contributed by atoms with van der Waals surface area (Å²) in [5.74, 6) is -7.86.